The summed E-state index contributed by atoms with van der Waals surface area (Å²) in [5, 5.41) is 16.6. The van der Waals surface area contributed by atoms with Crippen LogP contribution in [0.5, 0.6) is 0 Å². The maximum Gasteiger partial charge on any atom is 0.254 e. The Morgan fingerprint density at radius 1 is 1.10 bits per heavy atom. The maximum atomic E-state index is 13.6. The highest BCUT2D eigenvalue weighted by atomic mass is 35.5. The van der Waals surface area contributed by atoms with Gasteiger partial charge in [-0.2, -0.15) is 5.10 Å². The van der Waals surface area contributed by atoms with E-state index >= 15 is 0 Å². The second-order valence-corrected chi connectivity index (χ2v) is 10.7. The summed E-state index contributed by atoms with van der Waals surface area (Å²) in [6.45, 7) is 0. The van der Waals surface area contributed by atoms with Gasteiger partial charge in [0.25, 0.3) is 5.56 Å². The molecule has 3 atom stereocenters. The molecule has 2 aromatic carbocycles. The molecular weight excluding hydrogens is 539 g/mol. The predicted molar refractivity (Wildman–Crippen MR) is 146 cm³/mol. The van der Waals surface area contributed by atoms with Crippen LogP contribution < -0.4 is 11.3 Å². The van der Waals surface area contributed by atoms with E-state index in [-0.39, 0.29) is 28.6 Å². The van der Waals surface area contributed by atoms with Crippen LogP contribution in [0, 0.1) is 5.92 Å². The molecule has 2 aliphatic rings. The normalized spacial score (nSPS) is 19.4. The van der Waals surface area contributed by atoms with E-state index in [2.05, 4.69) is 30.5 Å². The van der Waals surface area contributed by atoms with Crippen LogP contribution in [0.2, 0.25) is 10.2 Å². The number of fused-ring (bicyclic) bond motifs is 4. The summed E-state index contributed by atoms with van der Waals surface area (Å²) in [5.74, 6) is 2.39. The molecule has 1 aliphatic carbocycles. The largest absolute Gasteiger partial charge is 0.382 e. The van der Waals surface area contributed by atoms with Crippen molar-refractivity contribution in [2.45, 2.75) is 18.4 Å². The monoisotopic (exact) mass is 556 g/mol. The van der Waals surface area contributed by atoms with Crippen LogP contribution in [0.4, 0.5) is 5.82 Å². The lowest BCUT2D eigenvalue weighted by atomic mass is 10.1. The van der Waals surface area contributed by atoms with E-state index in [9.17, 15) is 4.79 Å². The Balaban J connectivity index is 1.19. The first kappa shape index (κ1) is 22.5. The van der Waals surface area contributed by atoms with Gasteiger partial charge in [0.1, 0.15) is 11.6 Å². The highest BCUT2D eigenvalue weighted by Crippen LogP contribution is 2.59. The minimum Gasteiger partial charge on any atom is -0.382 e. The number of nitrogen functional groups attached to an aromatic ring is 1. The molecule has 13 heteroatoms. The average molecular weight is 557 g/mol. The van der Waals surface area contributed by atoms with E-state index in [0.29, 0.717) is 27.8 Å². The number of H-pyrrole nitrogens is 2. The fourth-order valence-electron chi connectivity index (χ4n) is 5.68. The Kier molecular flexibility index (Phi) is 4.62. The van der Waals surface area contributed by atoms with E-state index < -0.39 is 0 Å². The van der Waals surface area contributed by atoms with Gasteiger partial charge in [-0.1, -0.05) is 34.5 Å². The number of benzene rings is 2. The number of hydrogen-bond donors (Lipinski definition) is 3. The topological polar surface area (TPSA) is 149 Å². The Morgan fingerprint density at radius 3 is 2.85 bits per heavy atom. The summed E-state index contributed by atoms with van der Waals surface area (Å²) in [7, 11) is 0. The summed E-state index contributed by atoms with van der Waals surface area (Å²) in [4.78, 5) is 26.7. The summed E-state index contributed by atoms with van der Waals surface area (Å²) < 4.78 is 3.31. The third-order valence-corrected chi connectivity index (χ3v) is 7.97. The van der Waals surface area contributed by atoms with Crippen molar-refractivity contribution in [3.05, 3.63) is 87.0 Å². The molecule has 6 aromatic rings. The molecular formula is C26H18Cl2N10O. The standard InChI is InChI=1S/C26H18Cl2N10O/c27-12-2-4-20(37-10-21(28)34-36-37)16(6-12)17-8-22(39)38-23(14-7-15(14)26(38)32-17)25-30-9-19(31-25)11-1-3-13-18(5-11)33-35-24(13)29/h1-6,8-10,14-15,23H,7H2,(H,30,31)(H3,29,33,35). The first-order valence-electron chi connectivity index (χ1n) is 12.2. The maximum absolute atomic E-state index is 13.6. The van der Waals surface area contributed by atoms with Crippen LogP contribution in [-0.4, -0.2) is 44.7 Å². The Morgan fingerprint density at radius 2 is 2.00 bits per heavy atom. The molecule has 1 fully saturated rings. The van der Waals surface area contributed by atoms with Gasteiger partial charge in [-0.05, 0) is 42.7 Å². The van der Waals surface area contributed by atoms with Gasteiger partial charge in [0, 0.05) is 33.5 Å². The number of imidazole rings is 1. The number of aromatic amines is 2. The molecule has 1 saturated carbocycles. The molecule has 0 spiro atoms. The van der Waals surface area contributed by atoms with Gasteiger partial charge in [-0.15, -0.1) is 5.10 Å². The van der Waals surface area contributed by atoms with Gasteiger partial charge >= 0.3 is 0 Å². The summed E-state index contributed by atoms with van der Waals surface area (Å²) in [6.07, 6.45) is 4.33. The Hall–Kier alpha value is -4.48. The van der Waals surface area contributed by atoms with Crippen molar-refractivity contribution in [3.63, 3.8) is 0 Å². The number of nitrogens with one attached hydrogen (secondary N) is 2. The minimum atomic E-state index is -0.215. The third-order valence-electron chi connectivity index (χ3n) is 7.56. The minimum absolute atomic E-state index is 0.151. The van der Waals surface area contributed by atoms with Crippen LogP contribution in [0.3, 0.4) is 0 Å². The molecule has 1 aliphatic heterocycles. The van der Waals surface area contributed by atoms with Crippen molar-refractivity contribution in [1.82, 2.24) is 44.7 Å². The van der Waals surface area contributed by atoms with E-state index in [4.69, 9.17) is 33.9 Å². The molecule has 39 heavy (non-hydrogen) atoms. The van der Waals surface area contributed by atoms with Crippen LogP contribution in [0.1, 0.15) is 30.0 Å². The highest BCUT2D eigenvalue weighted by molar-refractivity contribution is 6.31. The van der Waals surface area contributed by atoms with Gasteiger partial charge in [-0.3, -0.25) is 14.5 Å². The van der Waals surface area contributed by atoms with E-state index in [1.54, 1.807) is 39.8 Å². The number of nitrogens with zero attached hydrogens (tertiary/aromatic N) is 7. The SMILES string of the molecule is Nc1n[nH]c2cc(-c3cnc(C4C5CC5c5nc(-c6cc(Cl)ccc6-n6cc(Cl)nn6)cc(=O)n54)[nH]3)ccc12. The summed E-state index contributed by atoms with van der Waals surface area (Å²) in [5.41, 5.74) is 10.2. The third kappa shape index (κ3) is 3.43. The number of rotatable bonds is 4. The molecule has 11 nitrogen and oxygen atoms in total. The molecule has 0 bridgehead atoms. The van der Waals surface area contributed by atoms with Gasteiger partial charge in [-0.25, -0.2) is 14.6 Å². The predicted octanol–water partition coefficient (Wildman–Crippen LogP) is 4.35. The van der Waals surface area contributed by atoms with Gasteiger partial charge in [0.05, 0.1) is 41.0 Å². The smallest absolute Gasteiger partial charge is 0.254 e. The van der Waals surface area contributed by atoms with Crippen molar-refractivity contribution >= 4 is 39.9 Å². The summed E-state index contributed by atoms with van der Waals surface area (Å²) >= 11 is 12.3. The summed E-state index contributed by atoms with van der Waals surface area (Å²) in [6, 6.07) is 12.5. The zero-order valence-corrected chi connectivity index (χ0v) is 21.5. The number of hydrogen-bond acceptors (Lipinski definition) is 7. The zero-order valence-electron chi connectivity index (χ0n) is 20.0. The quantitative estimate of drug-likeness (QED) is 0.292. The van der Waals surface area contributed by atoms with Crippen LogP contribution in [0.15, 0.2) is 59.7 Å². The van der Waals surface area contributed by atoms with Crippen LogP contribution >= 0.6 is 23.2 Å². The van der Waals surface area contributed by atoms with E-state index in [1.165, 1.54) is 6.07 Å². The highest BCUT2D eigenvalue weighted by Gasteiger charge is 2.55. The lowest BCUT2D eigenvalue weighted by Crippen LogP contribution is -2.27. The van der Waals surface area contributed by atoms with Gasteiger partial charge in [0.2, 0.25) is 0 Å². The molecule has 4 aromatic heterocycles. The Labute approximate surface area is 229 Å². The molecule has 0 radical (unpaired) electrons. The van der Waals surface area contributed by atoms with E-state index in [0.717, 1.165) is 40.2 Å². The second-order valence-electron chi connectivity index (χ2n) is 9.86. The average Bonchev–Trinajstić information content (AvgIpc) is 3.28. The number of anilines is 1. The number of halogens is 2. The number of nitrogens with two attached hydrogens (primary N) is 1. The molecule has 4 N–H and O–H groups in total. The zero-order chi connectivity index (χ0) is 26.4. The fourth-order valence-corrected chi connectivity index (χ4v) is 5.98. The fraction of sp³-hybridized carbons (Fsp3) is 0.154. The van der Waals surface area contributed by atoms with Crippen molar-refractivity contribution < 1.29 is 0 Å². The lowest BCUT2D eigenvalue weighted by Gasteiger charge is -2.17. The Bertz CT molecular complexity index is 2000. The van der Waals surface area contributed by atoms with Crippen LogP contribution in [0.25, 0.3) is 39.1 Å². The van der Waals surface area contributed by atoms with Crippen LogP contribution in [-0.2, 0) is 0 Å². The first-order valence-corrected chi connectivity index (χ1v) is 13.0. The lowest BCUT2D eigenvalue weighted by molar-refractivity contribution is 0.510. The molecule has 0 saturated heterocycles. The molecule has 3 unspecified atom stereocenters. The first-order chi connectivity index (χ1) is 18.9. The van der Waals surface area contributed by atoms with Crippen molar-refractivity contribution in [1.29, 1.82) is 0 Å². The molecule has 0 amide bonds. The van der Waals surface area contributed by atoms with Gasteiger partial charge in [0.15, 0.2) is 11.0 Å². The van der Waals surface area contributed by atoms with Gasteiger partial charge < -0.3 is 10.7 Å². The molecule has 8 rings (SSSR count). The second kappa shape index (κ2) is 8.01. The van der Waals surface area contributed by atoms with Crippen molar-refractivity contribution in [3.8, 4) is 28.2 Å². The van der Waals surface area contributed by atoms with Crippen molar-refractivity contribution in [2.24, 2.45) is 5.92 Å². The van der Waals surface area contributed by atoms with E-state index in [1.807, 2.05) is 18.2 Å². The number of aromatic nitrogens is 9. The molecule has 5 heterocycles. The van der Waals surface area contributed by atoms with Crippen molar-refractivity contribution in [2.75, 3.05) is 5.73 Å². The molecule has 192 valence electrons.